The van der Waals surface area contributed by atoms with Crippen LogP contribution in [0, 0.1) is 0 Å². The van der Waals surface area contributed by atoms with Crippen LogP contribution < -0.4 is 0 Å². The number of hydrogen-bond donors (Lipinski definition) is 0. The SMILES string of the molecule is O=S1C=C(c2ccccc2)SC=C1c1ccccc1. The highest BCUT2D eigenvalue weighted by molar-refractivity contribution is 8.14. The zero-order chi connectivity index (χ0) is 13.1. The van der Waals surface area contributed by atoms with Crippen molar-refractivity contribution in [2.45, 2.75) is 0 Å². The number of thioether (sulfide) groups is 1. The number of rotatable bonds is 2. The molecule has 0 spiro atoms. The van der Waals surface area contributed by atoms with Crippen LogP contribution in [0.4, 0.5) is 0 Å². The van der Waals surface area contributed by atoms with E-state index in [9.17, 15) is 4.21 Å². The van der Waals surface area contributed by atoms with Gasteiger partial charge in [-0.25, -0.2) is 4.21 Å². The van der Waals surface area contributed by atoms with Gasteiger partial charge in [0.15, 0.2) is 0 Å². The summed E-state index contributed by atoms with van der Waals surface area (Å²) in [5.74, 6) is 0. The summed E-state index contributed by atoms with van der Waals surface area (Å²) >= 11 is 1.63. The van der Waals surface area contributed by atoms with Gasteiger partial charge >= 0.3 is 0 Å². The molecule has 94 valence electrons. The lowest BCUT2D eigenvalue weighted by Crippen LogP contribution is -1.96. The first-order valence-electron chi connectivity index (χ1n) is 5.95. The third-order valence-corrected chi connectivity index (χ3v) is 5.34. The van der Waals surface area contributed by atoms with Gasteiger partial charge in [0.25, 0.3) is 0 Å². The molecule has 0 saturated heterocycles. The highest BCUT2D eigenvalue weighted by Gasteiger charge is 2.15. The fourth-order valence-corrected chi connectivity index (χ4v) is 4.35. The molecule has 19 heavy (non-hydrogen) atoms. The summed E-state index contributed by atoms with van der Waals surface area (Å²) in [4.78, 5) is 1.93. The van der Waals surface area contributed by atoms with Crippen LogP contribution in [0.15, 0.2) is 71.5 Å². The van der Waals surface area contributed by atoms with Gasteiger partial charge in [-0.15, -0.1) is 0 Å². The van der Waals surface area contributed by atoms with Crippen molar-refractivity contribution >= 4 is 32.4 Å². The lowest BCUT2D eigenvalue weighted by atomic mass is 10.2. The molecule has 3 heteroatoms. The van der Waals surface area contributed by atoms with Crippen LogP contribution in [0.2, 0.25) is 0 Å². The van der Waals surface area contributed by atoms with Crippen LogP contribution in [-0.4, -0.2) is 4.21 Å². The van der Waals surface area contributed by atoms with Crippen LogP contribution in [0.3, 0.4) is 0 Å². The van der Waals surface area contributed by atoms with E-state index in [0.29, 0.717) is 0 Å². The van der Waals surface area contributed by atoms with E-state index >= 15 is 0 Å². The predicted octanol–water partition coefficient (Wildman–Crippen LogP) is 4.48. The Hall–Kier alpha value is -1.58. The molecule has 0 radical (unpaired) electrons. The Labute approximate surface area is 119 Å². The van der Waals surface area contributed by atoms with Crippen molar-refractivity contribution in [1.29, 1.82) is 0 Å². The maximum absolute atomic E-state index is 12.3. The lowest BCUT2D eigenvalue weighted by Gasteiger charge is -2.13. The minimum absolute atomic E-state index is 0.880. The minimum atomic E-state index is -1.08. The topological polar surface area (TPSA) is 17.1 Å². The first-order valence-corrected chi connectivity index (χ1v) is 8.04. The molecule has 0 bridgehead atoms. The Kier molecular flexibility index (Phi) is 3.67. The maximum atomic E-state index is 12.3. The molecule has 0 aliphatic carbocycles. The third-order valence-electron chi connectivity index (χ3n) is 2.84. The molecule has 1 nitrogen and oxygen atoms in total. The second-order valence-electron chi connectivity index (χ2n) is 4.11. The molecule has 0 saturated carbocycles. The molecule has 1 atom stereocenters. The average Bonchev–Trinajstić information content (AvgIpc) is 2.49. The fraction of sp³-hybridized carbons (Fsp3) is 0. The van der Waals surface area contributed by atoms with Crippen molar-refractivity contribution in [2.75, 3.05) is 0 Å². The lowest BCUT2D eigenvalue weighted by molar-refractivity contribution is 0.694. The van der Waals surface area contributed by atoms with Crippen LogP contribution >= 0.6 is 11.8 Å². The zero-order valence-corrected chi connectivity index (χ0v) is 11.8. The molecular formula is C16H12OS2. The molecular weight excluding hydrogens is 272 g/mol. The van der Waals surface area contributed by atoms with Crippen LogP contribution in [0.25, 0.3) is 9.81 Å². The summed E-state index contributed by atoms with van der Waals surface area (Å²) in [7, 11) is -1.08. The Morgan fingerprint density at radius 1 is 0.789 bits per heavy atom. The Bertz CT molecular complexity index is 658. The molecule has 0 N–H and O–H groups in total. The minimum Gasteiger partial charge on any atom is -0.250 e. The summed E-state index contributed by atoms with van der Waals surface area (Å²) in [6, 6.07) is 19.9. The van der Waals surface area contributed by atoms with Crippen molar-refractivity contribution in [3.63, 3.8) is 0 Å². The largest absolute Gasteiger partial charge is 0.250 e. The van der Waals surface area contributed by atoms with E-state index in [1.54, 1.807) is 11.8 Å². The molecule has 1 heterocycles. The van der Waals surface area contributed by atoms with Gasteiger partial charge in [0, 0.05) is 10.3 Å². The number of benzene rings is 2. The van der Waals surface area contributed by atoms with Gasteiger partial charge in [-0.05, 0) is 16.5 Å². The summed E-state index contributed by atoms with van der Waals surface area (Å²) in [6.07, 6.45) is 0. The summed E-state index contributed by atoms with van der Waals surface area (Å²) in [6.45, 7) is 0. The van der Waals surface area contributed by atoms with E-state index in [2.05, 4.69) is 0 Å². The van der Waals surface area contributed by atoms with Crippen molar-refractivity contribution in [3.8, 4) is 0 Å². The average molecular weight is 284 g/mol. The van der Waals surface area contributed by atoms with Crippen LogP contribution in [0.1, 0.15) is 11.1 Å². The summed E-state index contributed by atoms with van der Waals surface area (Å²) in [5.41, 5.74) is 2.14. The van der Waals surface area contributed by atoms with Crippen molar-refractivity contribution in [3.05, 3.63) is 82.6 Å². The Balaban J connectivity index is 1.89. The van der Waals surface area contributed by atoms with Gasteiger partial charge < -0.3 is 0 Å². The quantitative estimate of drug-likeness (QED) is 0.809. The Morgan fingerprint density at radius 2 is 1.37 bits per heavy atom. The van der Waals surface area contributed by atoms with E-state index in [-0.39, 0.29) is 0 Å². The van der Waals surface area contributed by atoms with Gasteiger partial charge in [-0.3, -0.25) is 0 Å². The van der Waals surface area contributed by atoms with E-state index in [1.807, 2.05) is 71.5 Å². The van der Waals surface area contributed by atoms with E-state index in [0.717, 1.165) is 20.9 Å². The van der Waals surface area contributed by atoms with Gasteiger partial charge in [0.05, 0.1) is 15.7 Å². The van der Waals surface area contributed by atoms with E-state index in [1.165, 1.54) is 0 Å². The fourth-order valence-electron chi connectivity index (χ4n) is 1.88. The summed E-state index contributed by atoms with van der Waals surface area (Å²) < 4.78 is 12.3. The van der Waals surface area contributed by atoms with Crippen LogP contribution in [0.5, 0.6) is 0 Å². The van der Waals surface area contributed by atoms with E-state index < -0.39 is 10.8 Å². The molecule has 0 fully saturated rings. The second kappa shape index (κ2) is 5.59. The van der Waals surface area contributed by atoms with Crippen molar-refractivity contribution in [2.24, 2.45) is 0 Å². The zero-order valence-electron chi connectivity index (χ0n) is 10.2. The maximum Gasteiger partial charge on any atom is 0.0799 e. The van der Waals surface area contributed by atoms with Gasteiger partial charge in [-0.2, -0.15) is 0 Å². The number of hydrogen-bond acceptors (Lipinski definition) is 2. The normalized spacial score (nSPS) is 18.6. The molecule has 2 aromatic carbocycles. The molecule has 3 rings (SSSR count). The second-order valence-corrected chi connectivity index (χ2v) is 6.29. The third kappa shape index (κ3) is 2.72. The Morgan fingerprint density at radius 3 is 1.95 bits per heavy atom. The molecule has 0 amide bonds. The summed E-state index contributed by atoms with van der Waals surface area (Å²) in [5, 5.41) is 3.83. The monoisotopic (exact) mass is 284 g/mol. The molecule has 1 unspecified atom stereocenters. The molecule has 1 aliphatic heterocycles. The standard InChI is InChI=1S/C16H12OS2/c17-19-12-15(13-7-3-1-4-8-13)18-11-16(19)14-9-5-2-6-10-14/h1-12H. The van der Waals surface area contributed by atoms with Crippen LogP contribution in [-0.2, 0) is 10.8 Å². The highest BCUT2D eigenvalue weighted by atomic mass is 32.2. The molecule has 2 aromatic rings. The first kappa shape index (κ1) is 12.5. The van der Waals surface area contributed by atoms with Gasteiger partial charge in [0.1, 0.15) is 0 Å². The molecule has 0 aromatic heterocycles. The predicted molar refractivity (Wildman–Crippen MR) is 84.6 cm³/mol. The van der Waals surface area contributed by atoms with Gasteiger partial charge in [0.2, 0.25) is 0 Å². The molecule has 1 aliphatic rings. The highest BCUT2D eigenvalue weighted by Crippen LogP contribution is 2.38. The smallest absolute Gasteiger partial charge is 0.0799 e. The van der Waals surface area contributed by atoms with E-state index in [4.69, 9.17) is 0 Å². The van der Waals surface area contributed by atoms with Crippen molar-refractivity contribution < 1.29 is 4.21 Å². The van der Waals surface area contributed by atoms with Gasteiger partial charge in [-0.1, -0.05) is 72.4 Å². The van der Waals surface area contributed by atoms with Crippen molar-refractivity contribution in [1.82, 2.24) is 0 Å². The first-order chi connectivity index (χ1) is 9.34.